The van der Waals surface area contributed by atoms with Crippen LogP contribution in [0.4, 0.5) is 8.78 Å². The Bertz CT molecular complexity index is 358. The van der Waals surface area contributed by atoms with Crippen molar-refractivity contribution in [1.82, 2.24) is 0 Å². The van der Waals surface area contributed by atoms with Gasteiger partial charge in [-0.2, -0.15) is 0 Å². The van der Waals surface area contributed by atoms with Crippen molar-refractivity contribution in [2.75, 3.05) is 6.61 Å². The quantitative estimate of drug-likeness (QED) is 0.866. The zero-order valence-corrected chi connectivity index (χ0v) is 10.0. The van der Waals surface area contributed by atoms with E-state index in [4.69, 9.17) is 10.8 Å². The maximum Gasteiger partial charge on any atom is 0.289 e. The van der Waals surface area contributed by atoms with Crippen molar-refractivity contribution < 1.29 is 13.9 Å². The molecule has 5 heteroatoms. The first-order chi connectivity index (χ1) is 6.90. The lowest BCUT2D eigenvalue weighted by atomic mass is 9.94. The molecule has 2 nitrogen and oxygen atoms in total. The van der Waals surface area contributed by atoms with Gasteiger partial charge >= 0.3 is 0 Å². The number of aliphatic hydroxyl groups is 1. The number of rotatable bonds is 3. The van der Waals surface area contributed by atoms with Gasteiger partial charge in [-0.15, -0.1) is 12.4 Å². The van der Waals surface area contributed by atoms with Crippen molar-refractivity contribution in [2.24, 2.45) is 5.73 Å². The van der Waals surface area contributed by atoms with E-state index in [0.29, 0.717) is 5.56 Å². The first-order valence-corrected chi connectivity index (χ1v) is 4.70. The van der Waals surface area contributed by atoms with Crippen molar-refractivity contribution in [3.8, 4) is 0 Å². The van der Waals surface area contributed by atoms with Crippen LogP contribution in [0.5, 0.6) is 0 Å². The van der Waals surface area contributed by atoms with Crippen LogP contribution in [0.15, 0.2) is 18.2 Å². The van der Waals surface area contributed by atoms with Gasteiger partial charge in [0.2, 0.25) is 0 Å². The molecule has 0 unspecified atom stereocenters. The maximum atomic E-state index is 13.2. The van der Waals surface area contributed by atoms with E-state index in [0.717, 1.165) is 11.1 Å². The second-order valence-electron chi connectivity index (χ2n) is 3.69. The van der Waals surface area contributed by atoms with Crippen molar-refractivity contribution in [2.45, 2.75) is 25.8 Å². The molecule has 16 heavy (non-hydrogen) atoms. The van der Waals surface area contributed by atoms with Crippen molar-refractivity contribution >= 4 is 12.4 Å². The Morgan fingerprint density at radius 2 is 1.94 bits per heavy atom. The number of benzene rings is 1. The lowest BCUT2D eigenvalue weighted by Gasteiger charge is -2.23. The third-order valence-electron chi connectivity index (χ3n) is 2.65. The van der Waals surface area contributed by atoms with E-state index in [1.165, 1.54) is 0 Å². The minimum atomic E-state index is -3.28. The van der Waals surface area contributed by atoms with E-state index >= 15 is 0 Å². The van der Waals surface area contributed by atoms with E-state index in [2.05, 4.69) is 0 Å². The normalized spacial score (nSPS) is 13.1. The summed E-state index contributed by atoms with van der Waals surface area (Å²) in [6.45, 7) is 2.35. The lowest BCUT2D eigenvalue weighted by Crippen LogP contribution is -2.36. The Hall–Kier alpha value is -0.710. The molecular formula is C11H16ClF2NO. The van der Waals surface area contributed by atoms with E-state index in [9.17, 15) is 8.78 Å². The molecule has 0 saturated heterocycles. The van der Waals surface area contributed by atoms with Gasteiger partial charge in [0.25, 0.3) is 5.92 Å². The molecule has 3 N–H and O–H groups in total. The summed E-state index contributed by atoms with van der Waals surface area (Å²) in [5.74, 6) is -3.28. The zero-order valence-electron chi connectivity index (χ0n) is 9.21. The summed E-state index contributed by atoms with van der Waals surface area (Å²) in [5.41, 5.74) is 7.49. The molecule has 0 saturated carbocycles. The summed E-state index contributed by atoms with van der Waals surface area (Å²) in [6.07, 6.45) is 0. The van der Waals surface area contributed by atoms with Gasteiger partial charge in [-0.3, -0.25) is 0 Å². The monoisotopic (exact) mass is 251 g/mol. The first kappa shape index (κ1) is 15.3. The Balaban J connectivity index is 0.00000225. The Morgan fingerprint density at radius 1 is 1.38 bits per heavy atom. The third-order valence-corrected chi connectivity index (χ3v) is 2.65. The van der Waals surface area contributed by atoms with Crippen LogP contribution in [0.25, 0.3) is 0 Å². The summed E-state index contributed by atoms with van der Waals surface area (Å²) in [4.78, 5) is 0. The van der Waals surface area contributed by atoms with Crippen LogP contribution in [-0.2, 0) is 0 Å². The fraction of sp³-hybridized carbons (Fsp3) is 0.455. The second kappa shape index (κ2) is 5.57. The molecule has 0 fully saturated rings. The molecule has 1 aromatic rings. The Labute approximate surface area is 99.9 Å². The predicted octanol–water partition coefficient (Wildman–Crippen LogP) is 2.35. The van der Waals surface area contributed by atoms with Gasteiger partial charge in [-0.1, -0.05) is 18.2 Å². The predicted molar refractivity (Wildman–Crippen MR) is 62.1 cm³/mol. The molecular weight excluding hydrogens is 236 g/mol. The number of aryl methyl sites for hydroxylation is 1. The SMILES string of the molecule is Cc1cccc([C@@H](N)C(F)(F)CO)c1C.Cl. The van der Waals surface area contributed by atoms with Crippen LogP contribution in [0.3, 0.4) is 0 Å². The molecule has 0 radical (unpaired) electrons. The van der Waals surface area contributed by atoms with Gasteiger partial charge in [-0.25, -0.2) is 8.78 Å². The number of hydrogen-bond donors (Lipinski definition) is 2. The van der Waals surface area contributed by atoms with E-state index in [1.807, 2.05) is 13.0 Å². The smallest absolute Gasteiger partial charge is 0.289 e. The topological polar surface area (TPSA) is 46.2 Å². The Morgan fingerprint density at radius 3 is 2.44 bits per heavy atom. The standard InChI is InChI=1S/C11H15F2NO.ClH/c1-7-4-3-5-9(8(7)2)10(14)11(12,13)6-15;/h3-5,10,15H,6,14H2,1-2H3;1H/t10-;/m1./s1. The van der Waals surface area contributed by atoms with Gasteiger partial charge < -0.3 is 10.8 Å². The number of halogens is 3. The van der Waals surface area contributed by atoms with Gasteiger partial charge in [-0.05, 0) is 30.5 Å². The molecule has 0 aliphatic carbocycles. The number of hydrogen-bond acceptors (Lipinski definition) is 2. The highest BCUT2D eigenvalue weighted by Gasteiger charge is 2.37. The average Bonchev–Trinajstić information content (AvgIpc) is 2.21. The van der Waals surface area contributed by atoms with E-state index < -0.39 is 18.6 Å². The second-order valence-corrected chi connectivity index (χ2v) is 3.69. The van der Waals surface area contributed by atoms with Crippen LogP contribution >= 0.6 is 12.4 Å². The lowest BCUT2D eigenvalue weighted by molar-refractivity contribution is -0.0713. The van der Waals surface area contributed by atoms with Gasteiger partial charge in [0, 0.05) is 0 Å². The van der Waals surface area contributed by atoms with Crippen molar-refractivity contribution in [3.05, 3.63) is 34.9 Å². The molecule has 0 spiro atoms. The number of aliphatic hydroxyl groups excluding tert-OH is 1. The molecule has 1 aromatic carbocycles. The Kier molecular flexibility index (Phi) is 5.32. The van der Waals surface area contributed by atoms with E-state index in [1.54, 1.807) is 19.1 Å². The van der Waals surface area contributed by atoms with Crippen molar-refractivity contribution in [1.29, 1.82) is 0 Å². The highest BCUT2D eigenvalue weighted by atomic mass is 35.5. The molecule has 0 aliphatic rings. The van der Waals surface area contributed by atoms with E-state index in [-0.39, 0.29) is 12.4 Å². The van der Waals surface area contributed by atoms with Gasteiger partial charge in [0.15, 0.2) is 0 Å². The summed E-state index contributed by atoms with van der Waals surface area (Å²) in [5, 5.41) is 8.56. The first-order valence-electron chi connectivity index (χ1n) is 4.70. The summed E-state index contributed by atoms with van der Waals surface area (Å²) in [6, 6.07) is 3.63. The summed E-state index contributed by atoms with van der Waals surface area (Å²) < 4.78 is 26.3. The van der Waals surface area contributed by atoms with Crippen LogP contribution < -0.4 is 5.73 Å². The summed E-state index contributed by atoms with van der Waals surface area (Å²) in [7, 11) is 0. The van der Waals surface area contributed by atoms with Crippen LogP contribution in [-0.4, -0.2) is 17.6 Å². The van der Waals surface area contributed by atoms with Crippen LogP contribution in [0.2, 0.25) is 0 Å². The molecule has 0 aliphatic heterocycles. The average molecular weight is 252 g/mol. The summed E-state index contributed by atoms with van der Waals surface area (Å²) >= 11 is 0. The highest BCUT2D eigenvalue weighted by molar-refractivity contribution is 5.85. The van der Waals surface area contributed by atoms with Gasteiger partial charge in [0.05, 0.1) is 6.04 Å². The highest BCUT2D eigenvalue weighted by Crippen LogP contribution is 2.31. The number of nitrogens with two attached hydrogens (primary N) is 1. The molecule has 0 aromatic heterocycles. The molecule has 0 amide bonds. The van der Waals surface area contributed by atoms with Crippen LogP contribution in [0.1, 0.15) is 22.7 Å². The molecule has 1 atom stereocenters. The van der Waals surface area contributed by atoms with Gasteiger partial charge in [0.1, 0.15) is 6.61 Å². The minimum absolute atomic E-state index is 0. The van der Waals surface area contributed by atoms with Crippen molar-refractivity contribution in [3.63, 3.8) is 0 Å². The molecule has 0 bridgehead atoms. The minimum Gasteiger partial charge on any atom is -0.390 e. The molecule has 1 rings (SSSR count). The molecule has 0 heterocycles. The zero-order chi connectivity index (χ0) is 11.6. The molecule has 92 valence electrons. The maximum absolute atomic E-state index is 13.2. The fourth-order valence-electron chi connectivity index (χ4n) is 1.44. The number of alkyl halides is 2. The fourth-order valence-corrected chi connectivity index (χ4v) is 1.44. The third kappa shape index (κ3) is 2.90. The van der Waals surface area contributed by atoms with Crippen LogP contribution in [0, 0.1) is 13.8 Å². The largest absolute Gasteiger partial charge is 0.390 e.